The number of carbonyl (C=O) groups is 1. The van der Waals surface area contributed by atoms with E-state index in [1.165, 1.54) is 0 Å². The summed E-state index contributed by atoms with van der Waals surface area (Å²) in [5, 5.41) is 9.77. The predicted octanol–water partition coefficient (Wildman–Crippen LogP) is 1.75. The zero-order chi connectivity index (χ0) is 13.3. The van der Waals surface area contributed by atoms with Crippen LogP contribution in [-0.4, -0.2) is 22.6 Å². The van der Waals surface area contributed by atoms with Gasteiger partial charge in [-0.2, -0.15) is 5.10 Å². The van der Waals surface area contributed by atoms with Crippen molar-refractivity contribution in [3.63, 3.8) is 0 Å². The lowest BCUT2D eigenvalue weighted by molar-refractivity contribution is -0.120. The highest BCUT2D eigenvalue weighted by Crippen LogP contribution is 2.45. The molecule has 0 bridgehead atoms. The Morgan fingerprint density at radius 3 is 2.89 bits per heavy atom. The van der Waals surface area contributed by atoms with E-state index in [4.69, 9.17) is 5.73 Å². The number of benzene rings is 1. The molecule has 1 fully saturated rings. The zero-order valence-electron chi connectivity index (χ0n) is 10.5. The highest BCUT2D eigenvalue weighted by molar-refractivity contribution is 5.97. The second-order valence-corrected chi connectivity index (χ2v) is 4.99. The maximum absolute atomic E-state index is 12.1. The van der Waals surface area contributed by atoms with Crippen LogP contribution in [0.25, 0.3) is 11.3 Å². The molecule has 4 N–H and O–H groups in total. The number of hydrogen-bond donors (Lipinski definition) is 3. The van der Waals surface area contributed by atoms with Gasteiger partial charge < -0.3 is 11.1 Å². The zero-order valence-corrected chi connectivity index (χ0v) is 10.5. The van der Waals surface area contributed by atoms with Crippen LogP contribution in [0.5, 0.6) is 0 Å². The van der Waals surface area contributed by atoms with Gasteiger partial charge in [0.15, 0.2) is 0 Å². The van der Waals surface area contributed by atoms with E-state index in [0.29, 0.717) is 6.54 Å². The molecule has 1 aliphatic rings. The fraction of sp³-hybridized carbons (Fsp3) is 0.286. The van der Waals surface area contributed by atoms with Crippen molar-refractivity contribution in [3.8, 4) is 11.3 Å². The summed E-state index contributed by atoms with van der Waals surface area (Å²) in [7, 11) is 0. The first-order chi connectivity index (χ1) is 9.23. The van der Waals surface area contributed by atoms with Gasteiger partial charge in [-0.15, -0.1) is 0 Å². The Hall–Kier alpha value is -2.14. The van der Waals surface area contributed by atoms with Crippen molar-refractivity contribution in [1.29, 1.82) is 0 Å². The minimum Gasteiger partial charge on any atom is -0.329 e. The summed E-state index contributed by atoms with van der Waals surface area (Å²) < 4.78 is 0. The molecule has 5 nitrogen and oxygen atoms in total. The largest absolute Gasteiger partial charge is 0.329 e. The van der Waals surface area contributed by atoms with Crippen molar-refractivity contribution in [2.24, 2.45) is 11.1 Å². The average Bonchev–Trinajstić information content (AvgIpc) is 3.05. The first kappa shape index (κ1) is 11.9. The highest BCUT2D eigenvalue weighted by Gasteiger charge is 2.48. The van der Waals surface area contributed by atoms with Gasteiger partial charge in [0.1, 0.15) is 0 Å². The number of nitrogens with one attached hydrogen (secondary N) is 2. The smallest absolute Gasteiger partial charge is 0.231 e. The van der Waals surface area contributed by atoms with Gasteiger partial charge in [-0.05, 0) is 31.0 Å². The van der Waals surface area contributed by atoms with E-state index in [1.54, 1.807) is 6.20 Å². The topological polar surface area (TPSA) is 83.8 Å². The van der Waals surface area contributed by atoms with Gasteiger partial charge >= 0.3 is 0 Å². The van der Waals surface area contributed by atoms with E-state index in [1.807, 2.05) is 30.3 Å². The lowest BCUT2D eigenvalue weighted by Gasteiger charge is -2.13. The van der Waals surface area contributed by atoms with E-state index in [0.717, 1.165) is 29.8 Å². The summed E-state index contributed by atoms with van der Waals surface area (Å²) in [5.41, 5.74) is 8.04. The van der Waals surface area contributed by atoms with Crippen LogP contribution in [0, 0.1) is 5.41 Å². The SMILES string of the molecule is NCC1(C(=O)Nc2cccc(-c3ccn[nH]3)c2)CC1. The van der Waals surface area contributed by atoms with Crippen LogP contribution in [-0.2, 0) is 4.79 Å². The fourth-order valence-corrected chi connectivity index (χ4v) is 2.12. The molecule has 1 aromatic heterocycles. The summed E-state index contributed by atoms with van der Waals surface area (Å²) in [4.78, 5) is 12.1. The quantitative estimate of drug-likeness (QED) is 0.779. The van der Waals surface area contributed by atoms with Gasteiger partial charge in [0.05, 0.1) is 11.1 Å². The summed E-state index contributed by atoms with van der Waals surface area (Å²) >= 11 is 0. The second-order valence-electron chi connectivity index (χ2n) is 4.99. The summed E-state index contributed by atoms with van der Waals surface area (Å²) in [5.74, 6) is 0.0248. The molecule has 1 saturated carbocycles. The maximum atomic E-state index is 12.1. The number of H-pyrrole nitrogens is 1. The molecule has 98 valence electrons. The molecule has 2 aromatic rings. The number of hydrogen-bond acceptors (Lipinski definition) is 3. The molecular formula is C14H16N4O. The average molecular weight is 256 g/mol. The number of rotatable bonds is 4. The molecular weight excluding hydrogens is 240 g/mol. The summed E-state index contributed by atoms with van der Waals surface area (Å²) in [6.45, 7) is 0.416. The Morgan fingerprint density at radius 2 is 2.26 bits per heavy atom. The molecule has 1 aromatic carbocycles. The predicted molar refractivity (Wildman–Crippen MR) is 73.4 cm³/mol. The minimum absolute atomic E-state index is 0.0248. The Morgan fingerprint density at radius 1 is 1.42 bits per heavy atom. The van der Waals surface area contributed by atoms with E-state index in [9.17, 15) is 4.79 Å². The molecule has 0 aliphatic heterocycles. The minimum atomic E-state index is -0.329. The monoisotopic (exact) mass is 256 g/mol. The number of nitrogens with zero attached hydrogens (tertiary/aromatic N) is 1. The molecule has 19 heavy (non-hydrogen) atoms. The van der Waals surface area contributed by atoms with Crippen molar-refractivity contribution >= 4 is 11.6 Å². The number of amides is 1. The van der Waals surface area contributed by atoms with Crippen LogP contribution in [0.15, 0.2) is 36.5 Å². The Bertz CT molecular complexity index is 587. The van der Waals surface area contributed by atoms with E-state index in [2.05, 4.69) is 15.5 Å². The highest BCUT2D eigenvalue weighted by atomic mass is 16.2. The maximum Gasteiger partial charge on any atom is 0.231 e. The fourth-order valence-electron chi connectivity index (χ4n) is 2.12. The van der Waals surface area contributed by atoms with Gasteiger partial charge in [-0.3, -0.25) is 9.89 Å². The normalized spacial score (nSPS) is 16.1. The summed E-state index contributed by atoms with van der Waals surface area (Å²) in [6, 6.07) is 9.58. The lowest BCUT2D eigenvalue weighted by atomic mass is 10.1. The van der Waals surface area contributed by atoms with Crippen LogP contribution in [0.1, 0.15) is 12.8 Å². The summed E-state index contributed by atoms with van der Waals surface area (Å²) in [6.07, 6.45) is 3.47. The first-order valence-corrected chi connectivity index (χ1v) is 6.35. The lowest BCUT2D eigenvalue weighted by Crippen LogP contribution is -2.30. The Kier molecular flexibility index (Phi) is 2.83. The Labute approximate surface area is 111 Å². The van der Waals surface area contributed by atoms with Crippen molar-refractivity contribution in [2.45, 2.75) is 12.8 Å². The molecule has 5 heteroatoms. The van der Waals surface area contributed by atoms with Crippen LogP contribution in [0.4, 0.5) is 5.69 Å². The molecule has 0 spiro atoms. The molecule has 3 rings (SSSR count). The molecule has 0 unspecified atom stereocenters. The number of carbonyl (C=O) groups excluding carboxylic acids is 1. The van der Waals surface area contributed by atoms with Crippen molar-refractivity contribution in [3.05, 3.63) is 36.5 Å². The number of anilines is 1. The molecule has 1 amide bonds. The number of aromatic amines is 1. The van der Waals surface area contributed by atoms with E-state index < -0.39 is 0 Å². The van der Waals surface area contributed by atoms with Crippen molar-refractivity contribution in [1.82, 2.24) is 10.2 Å². The standard InChI is InChI=1S/C14H16N4O/c15-9-14(5-6-14)13(19)17-11-3-1-2-10(8-11)12-4-7-16-18-12/h1-4,7-8H,5-6,9,15H2,(H,16,18)(H,17,19). The van der Waals surface area contributed by atoms with Gasteiger partial charge in [0.2, 0.25) is 5.91 Å². The second kappa shape index (κ2) is 4.51. The third-order valence-corrected chi connectivity index (χ3v) is 3.66. The van der Waals surface area contributed by atoms with E-state index >= 15 is 0 Å². The molecule has 1 aliphatic carbocycles. The van der Waals surface area contributed by atoms with Crippen molar-refractivity contribution in [2.75, 3.05) is 11.9 Å². The van der Waals surface area contributed by atoms with Crippen LogP contribution in [0.2, 0.25) is 0 Å². The number of nitrogens with two attached hydrogens (primary N) is 1. The van der Waals surface area contributed by atoms with Gasteiger partial charge in [-0.25, -0.2) is 0 Å². The third-order valence-electron chi connectivity index (χ3n) is 3.66. The van der Waals surface area contributed by atoms with Crippen LogP contribution < -0.4 is 11.1 Å². The van der Waals surface area contributed by atoms with Crippen LogP contribution in [0.3, 0.4) is 0 Å². The Balaban J connectivity index is 1.79. The molecule has 0 atom stereocenters. The molecule has 0 radical (unpaired) electrons. The van der Waals surface area contributed by atoms with Crippen molar-refractivity contribution < 1.29 is 4.79 Å². The first-order valence-electron chi connectivity index (χ1n) is 6.35. The van der Waals surface area contributed by atoms with E-state index in [-0.39, 0.29) is 11.3 Å². The van der Waals surface area contributed by atoms with Gasteiger partial charge in [0, 0.05) is 24.0 Å². The third kappa shape index (κ3) is 2.24. The molecule has 0 saturated heterocycles. The van der Waals surface area contributed by atoms with Gasteiger partial charge in [0.25, 0.3) is 0 Å². The van der Waals surface area contributed by atoms with Crippen LogP contribution >= 0.6 is 0 Å². The van der Waals surface area contributed by atoms with Gasteiger partial charge in [-0.1, -0.05) is 12.1 Å². The number of aromatic nitrogens is 2. The molecule has 1 heterocycles.